The molecular formula is C19H29N7S. The molecule has 1 fully saturated rings. The van der Waals surface area contributed by atoms with Gasteiger partial charge in [-0.3, -0.25) is 9.89 Å². The van der Waals surface area contributed by atoms with Crippen LogP contribution in [0.25, 0.3) is 0 Å². The van der Waals surface area contributed by atoms with Crippen molar-refractivity contribution in [2.24, 2.45) is 4.99 Å². The van der Waals surface area contributed by atoms with Crippen molar-refractivity contribution < 1.29 is 0 Å². The molecule has 2 aromatic heterocycles. The lowest BCUT2D eigenvalue weighted by atomic mass is 10.3. The van der Waals surface area contributed by atoms with E-state index in [0.29, 0.717) is 0 Å². The number of hydrogen-bond acceptors (Lipinski definition) is 6. The summed E-state index contributed by atoms with van der Waals surface area (Å²) in [4.78, 5) is 21.4. The first-order valence-corrected chi connectivity index (χ1v) is 10.3. The van der Waals surface area contributed by atoms with Crippen molar-refractivity contribution >= 4 is 23.2 Å². The second-order valence-electron chi connectivity index (χ2n) is 6.60. The van der Waals surface area contributed by atoms with Crippen LogP contribution >= 0.6 is 11.3 Å². The number of anilines is 1. The molecule has 0 amide bonds. The fourth-order valence-electron chi connectivity index (χ4n) is 3.18. The Hall–Kier alpha value is -2.19. The second-order valence-corrected chi connectivity index (χ2v) is 7.63. The summed E-state index contributed by atoms with van der Waals surface area (Å²) in [7, 11) is 3.95. The Morgan fingerprint density at radius 1 is 1.22 bits per heavy atom. The predicted molar refractivity (Wildman–Crippen MR) is 113 cm³/mol. The van der Waals surface area contributed by atoms with Crippen molar-refractivity contribution in [1.82, 2.24) is 25.1 Å². The normalized spacial score (nSPS) is 15.8. The summed E-state index contributed by atoms with van der Waals surface area (Å²) in [5.74, 6) is 1.80. The lowest BCUT2D eigenvalue weighted by Gasteiger charge is -2.34. The van der Waals surface area contributed by atoms with Crippen LogP contribution in [0.15, 0.2) is 41.0 Å². The molecule has 27 heavy (non-hydrogen) atoms. The van der Waals surface area contributed by atoms with Crippen molar-refractivity contribution in [2.75, 3.05) is 64.8 Å². The predicted octanol–water partition coefficient (Wildman–Crippen LogP) is 1.41. The highest BCUT2D eigenvalue weighted by Crippen LogP contribution is 2.10. The van der Waals surface area contributed by atoms with E-state index in [4.69, 9.17) is 0 Å². The van der Waals surface area contributed by atoms with Crippen LogP contribution in [0.5, 0.6) is 0 Å². The van der Waals surface area contributed by atoms with E-state index in [0.717, 1.165) is 64.1 Å². The molecule has 0 radical (unpaired) electrons. The summed E-state index contributed by atoms with van der Waals surface area (Å²) in [6.45, 7) is 6.90. The van der Waals surface area contributed by atoms with Crippen molar-refractivity contribution in [3.8, 4) is 0 Å². The van der Waals surface area contributed by atoms with Crippen molar-refractivity contribution in [3.63, 3.8) is 0 Å². The molecule has 2 aromatic rings. The third-order valence-corrected chi connectivity index (χ3v) is 5.70. The maximum Gasteiger partial charge on any atom is 0.225 e. The molecule has 3 rings (SSSR count). The Morgan fingerprint density at radius 2 is 2.00 bits per heavy atom. The third kappa shape index (κ3) is 5.90. The van der Waals surface area contributed by atoms with Crippen molar-refractivity contribution in [1.29, 1.82) is 0 Å². The average molecular weight is 388 g/mol. The number of piperazine rings is 1. The highest BCUT2D eigenvalue weighted by Gasteiger charge is 2.18. The summed E-state index contributed by atoms with van der Waals surface area (Å²) >= 11 is 1.81. The number of aromatic nitrogens is 2. The van der Waals surface area contributed by atoms with E-state index < -0.39 is 0 Å². The first kappa shape index (κ1) is 19.6. The quantitative estimate of drug-likeness (QED) is 0.573. The zero-order chi connectivity index (χ0) is 18.9. The number of rotatable bonds is 7. The number of guanidine groups is 1. The number of thiophene rings is 1. The molecule has 3 heterocycles. The van der Waals surface area contributed by atoms with E-state index in [1.807, 2.05) is 24.5 Å². The Kier molecular flexibility index (Phi) is 7.41. The van der Waals surface area contributed by atoms with Gasteiger partial charge in [-0.15, -0.1) is 11.3 Å². The van der Waals surface area contributed by atoms with Gasteiger partial charge in [0.2, 0.25) is 5.95 Å². The molecule has 0 aromatic carbocycles. The van der Waals surface area contributed by atoms with Gasteiger partial charge in [0, 0.05) is 77.2 Å². The van der Waals surface area contributed by atoms with Gasteiger partial charge >= 0.3 is 0 Å². The third-order valence-electron chi connectivity index (χ3n) is 4.77. The van der Waals surface area contributed by atoms with Crippen LogP contribution < -0.4 is 10.2 Å². The standard InChI is InChI=1S/C19H29N7S/c1-20-18(24(2)10-6-17-5-3-16-27-17)23-9-11-25-12-14-26(15-13-25)19-21-7-4-8-22-19/h3-5,7-8,16H,6,9-15H2,1-2H3,(H,20,23). The van der Waals surface area contributed by atoms with E-state index >= 15 is 0 Å². The van der Waals surface area contributed by atoms with Gasteiger partial charge in [-0.1, -0.05) is 6.07 Å². The van der Waals surface area contributed by atoms with Crippen LogP contribution in [0.4, 0.5) is 5.95 Å². The summed E-state index contributed by atoms with van der Waals surface area (Å²) in [6.07, 6.45) is 4.66. The van der Waals surface area contributed by atoms with Gasteiger partial charge in [-0.25, -0.2) is 9.97 Å². The Morgan fingerprint density at radius 3 is 2.67 bits per heavy atom. The van der Waals surface area contributed by atoms with Crippen molar-refractivity contribution in [3.05, 3.63) is 40.8 Å². The molecule has 0 saturated carbocycles. The maximum atomic E-state index is 4.41. The average Bonchev–Trinajstić information content (AvgIpc) is 3.24. The van der Waals surface area contributed by atoms with Crippen LogP contribution in [0.3, 0.4) is 0 Å². The van der Waals surface area contributed by atoms with Crippen LogP contribution in [0, 0.1) is 0 Å². The first-order valence-electron chi connectivity index (χ1n) is 9.45. The molecule has 1 aliphatic rings. The molecule has 1 aliphatic heterocycles. The van der Waals surface area contributed by atoms with Gasteiger partial charge in [0.05, 0.1) is 0 Å². The summed E-state index contributed by atoms with van der Waals surface area (Å²) in [6, 6.07) is 6.15. The number of nitrogens with zero attached hydrogens (tertiary/aromatic N) is 6. The largest absolute Gasteiger partial charge is 0.355 e. The van der Waals surface area contributed by atoms with E-state index in [-0.39, 0.29) is 0 Å². The fourth-order valence-corrected chi connectivity index (χ4v) is 3.87. The molecule has 0 atom stereocenters. The number of aliphatic imine (C=N–C) groups is 1. The number of likely N-dealkylation sites (N-methyl/N-ethyl adjacent to an activating group) is 1. The molecule has 146 valence electrons. The number of nitrogens with one attached hydrogen (secondary N) is 1. The van der Waals surface area contributed by atoms with Gasteiger partial charge in [0.15, 0.2) is 5.96 Å². The van der Waals surface area contributed by atoms with Crippen LogP contribution in [0.2, 0.25) is 0 Å². The minimum absolute atomic E-state index is 0.836. The van der Waals surface area contributed by atoms with Gasteiger partial charge < -0.3 is 15.1 Å². The van der Waals surface area contributed by atoms with E-state index in [9.17, 15) is 0 Å². The van der Waals surface area contributed by atoms with Crippen LogP contribution in [0.1, 0.15) is 4.88 Å². The maximum absolute atomic E-state index is 4.41. The zero-order valence-electron chi connectivity index (χ0n) is 16.2. The van der Waals surface area contributed by atoms with Crippen LogP contribution in [-0.4, -0.2) is 85.6 Å². The Balaban J connectivity index is 1.35. The summed E-state index contributed by atoms with van der Waals surface area (Å²) < 4.78 is 0. The fraction of sp³-hybridized carbons (Fsp3) is 0.526. The first-order chi connectivity index (χ1) is 13.3. The van der Waals surface area contributed by atoms with Gasteiger partial charge in [0.1, 0.15) is 0 Å². The molecule has 0 spiro atoms. The topological polar surface area (TPSA) is 59.9 Å². The van der Waals surface area contributed by atoms with E-state index in [1.165, 1.54) is 4.88 Å². The van der Waals surface area contributed by atoms with Crippen LogP contribution in [-0.2, 0) is 6.42 Å². The molecular weight excluding hydrogens is 358 g/mol. The lowest BCUT2D eigenvalue weighted by Crippen LogP contribution is -2.50. The highest BCUT2D eigenvalue weighted by atomic mass is 32.1. The Bertz CT molecular complexity index is 681. The monoisotopic (exact) mass is 387 g/mol. The molecule has 0 bridgehead atoms. The second kappa shape index (κ2) is 10.2. The Labute approximate surface area is 165 Å². The van der Waals surface area contributed by atoms with Gasteiger partial charge in [0.25, 0.3) is 0 Å². The smallest absolute Gasteiger partial charge is 0.225 e. The zero-order valence-corrected chi connectivity index (χ0v) is 17.0. The minimum atomic E-state index is 0.836. The minimum Gasteiger partial charge on any atom is -0.355 e. The summed E-state index contributed by atoms with van der Waals surface area (Å²) in [5, 5.41) is 5.62. The van der Waals surface area contributed by atoms with E-state index in [2.05, 4.69) is 59.5 Å². The van der Waals surface area contributed by atoms with Gasteiger partial charge in [-0.05, 0) is 23.9 Å². The molecule has 1 N–H and O–H groups in total. The number of hydrogen-bond donors (Lipinski definition) is 1. The summed E-state index contributed by atoms with van der Waals surface area (Å²) in [5.41, 5.74) is 0. The molecule has 0 aliphatic carbocycles. The molecule has 7 nitrogen and oxygen atoms in total. The SMILES string of the molecule is CN=C(NCCN1CCN(c2ncccn2)CC1)N(C)CCc1cccs1. The van der Waals surface area contributed by atoms with Gasteiger partial charge in [-0.2, -0.15) is 0 Å². The van der Waals surface area contributed by atoms with Crippen molar-refractivity contribution in [2.45, 2.75) is 6.42 Å². The molecule has 1 saturated heterocycles. The van der Waals surface area contributed by atoms with E-state index in [1.54, 1.807) is 12.4 Å². The lowest BCUT2D eigenvalue weighted by molar-refractivity contribution is 0.259. The molecule has 0 unspecified atom stereocenters. The highest BCUT2D eigenvalue weighted by molar-refractivity contribution is 7.09. The molecule has 8 heteroatoms.